The van der Waals surface area contributed by atoms with Crippen LogP contribution < -0.4 is 4.74 Å². The van der Waals surface area contributed by atoms with Crippen LogP contribution in [0.15, 0.2) is 194 Å². The molecule has 56 heavy (non-hydrogen) atoms. The minimum atomic E-state index is 0.0827. The van der Waals surface area contributed by atoms with Crippen LogP contribution in [0.2, 0.25) is 0 Å². The molecule has 264 valence electrons. The largest absolute Gasteiger partial charge is 0.461 e. The molecule has 1 aliphatic carbocycles. The van der Waals surface area contributed by atoms with E-state index >= 15 is 0 Å². The Morgan fingerprint density at radius 1 is 0.429 bits per heavy atom. The third-order valence-corrected chi connectivity index (χ3v) is 11.0. The van der Waals surface area contributed by atoms with Gasteiger partial charge in [0.25, 0.3) is 0 Å². The van der Waals surface area contributed by atoms with Gasteiger partial charge >= 0.3 is 0 Å². The number of aromatic nitrogens is 4. The van der Waals surface area contributed by atoms with Gasteiger partial charge in [-0.15, -0.1) is 0 Å². The smallest absolute Gasteiger partial charge is 0.164 e. The van der Waals surface area contributed by atoms with Gasteiger partial charge < -0.3 is 9.30 Å². The van der Waals surface area contributed by atoms with E-state index < -0.39 is 0 Å². The number of fused-ring (bicyclic) bond motifs is 6. The Morgan fingerprint density at radius 2 is 0.893 bits per heavy atom. The second-order valence-corrected chi connectivity index (χ2v) is 14.4. The first kappa shape index (κ1) is 32.1. The van der Waals surface area contributed by atoms with Crippen LogP contribution in [-0.2, 0) is 0 Å². The summed E-state index contributed by atoms with van der Waals surface area (Å²) in [6, 6.07) is 61.6. The Morgan fingerprint density at radius 3 is 1.41 bits per heavy atom. The van der Waals surface area contributed by atoms with Gasteiger partial charge in [-0.05, 0) is 52.6 Å². The van der Waals surface area contributed by atoms with E-state index in [1.807, 2.05) is 60.7 Å². The summed E-state index contributed by atoms with van der Waals surface area (Å²) < 4.78 is 9.11. The summed E-state index contributed by atoms with van der Waals surface area (Å²) >= 11 is 0. The highest BCUT2D eigenvalue weighted by molar-refractivity contribution is 6.12. The van der Waals surface area contributed by atoms with Crippen LogP contribution in [-0.4, -0.2) is 19.5 Å². The summed E-state index contributed by atoms with van der Waals surface area (Å²) in [6.07, 6.45) is 5.20. The van der Waals surface area contributed by atoms with Crippen molar-refractivity contribution in [1.29, 1.82) is 0 Å². The molecule has 0 bridgehead atoms. The summed E-state index contributed by atoms with van der Waals surface area (Å²) in [6.45, 7) is 0. The van der Waals surface area contributed by atoms with E-state index in [2.05, 4.69) is 132 Å². The van der Waals surface area contributed by atoms with Crippen LogP contribution in [0.5, 0.6) is 5.75 Å². The zero-order valence-electron chi connectivity index (χ0n) is 30.4. The molecule has 11 rings (SSSR count). The van der Waals surface area contributed by atoms with Gasteiger partial charge in [0.1, 0.15) is 11.5 Å². The molecule has 0 spiro atoms. The number of rotatable bonds is 6. The zero-order chi connectivity index (χ0) is 37.0. The Kier molecular flexibility index (Phi) is 7.56. The number of ether oxygens (including phenoxy) is 1. The van der Waals surface area contributed by atoms with E-state index in [1.54, 1.807) is 0 Å². The molecular formula is C51H34N4O. The van der Waals surface area contributed by atoms with Crippen LogP contribution in [0.1, 0.15) is 17.9 Å². The summed E-state index contributed by atoms with van der Waals surface area (Å²) in [4.78, 5) is 14.8. The van der Waals surface area contributed by atoms with Crippen molar-refractivity contribution < 1.29 is 4.74 Å². The molecule has 2 aromatic heterocycles. The van der Waals surface area contributed by atoms with Crippen molar-refractivity contribution in [2.75, 3.05) is 0 Å². The minimum Gasteiger partial charge on any atom is -0.461 e. The van der Waals surface area contributed by atoms with Gasteiger partial charge in [-0.1, -0.05) is 158 Å². The highest BCUT2D eigenvalue weighted by Crippen LogP contribution is 2.49. The Hall–Kier alpha value is -7.37. The van der Waals surface area contributed by atoms with Crippen LogP contribution in [0, 0.1) is 0 Å². The molecule has 0 amide bonds. The van der Waals surface area contributed by atoms with Crippen molar-refractivity contribution in [2.45, 2.75) is 12.3 Å². The lowest BCUT2D eigenvalue weighted by atomic mass is 9.90. The van der Waals surface area contributed by atoms with Crippen molar-refractivity contribution in [3.8, 4) is 62.2 Å². The summed E-state index contributed by atoms with van der Waals surface area (Å²) in [5.74, 6) is 3.77. The minimum absolute atomic E-state index is 0.0827. The van der Waals surface area contributed by atoms with E-state index in [-0.39, 0.29) is 5.92 Å². The highest BCUT2D eigenvalue weighted by atomic mass is 16.5. The van der Waals surface area contributed by atoms with Gasteiger partial charge in [-0.3, -0.25) is 0 Å². The summed E-state index contributed by atoms with van der Waals surface area (Å²) in [7, 11) is 0. The average molecular weight is 719 g/mol. The van der Waals surface area contributed by atoms with Crippen molar-refractivity contribution >= 4 is 27.5 Å². The fourth-order valence-electron chi connectivity index (χ4n) is 8.27. The number of allylic oxidation sites excluding steroid dienone is 4. The predicted molar refractivity (Wildman–Crippen MR) is 227 cm³/mol. The zero-order valence-corrected chi connectivity index (χ0v) is 30.4. The van der Waals surface area contributed by atoms with E-state index in [0.717, 1.165) is 34.6 Å². The number of nitrogens with zero attached hydrogens (tertiary/aromatic N) is 4. The van der Waals surface area contributed by atoms with Gasteiger partial charge in [-0.2, -0.15) is 0 Å². The fourth-order valence-corrected chi connectivity index (χ4v) is 8.27. The lowest BCUT2D eigenvalue weighted by molar-refractivity contribution is 0.425. The first-order chi connectivity index (χ1) is 27.7. The SMILES string of the molecule is C1=C2Oc3cc(-c4nc(-c5ccccc5)nc(-c5ccccc5)n4)ccc3C2CC(n2c3cc(-c4ccccc4)ccc3c3ccc(-c4ccccc4)cc32)=C1. The van der Waals surface area contributed by atoms with Crippen molar-refractivity contribution in [2.24, 2.45) is 0 Å². The van der Waals surface area contributed by atoms with E-state index in [1.165, 1.54) is 55.3 Å². The average Bonchev–Trinajstić information content (AvgIpc) is 3.81. The molecule has 0 saturated carbocycles. The van der Waals surface area contributed by atoms with Gasteiger partial charge in [0.05, 0.1) is 17.0 Å². The lowest BCUT2D eigenvalue weighted by Crippen LogP contribution is -2.08. The van der Waals surface area contributed by atoms with Crippen LogP contribution in [0.4, 0.5) is 0 Å². The first-order valence-corrected chi connectivity index (χ1v) is 19.0. The molecule has 2 aliphatic rings. The van der Waals surface area contributed by atoms with Gasteiger partial charge in [0.2, 0.25) is 0 Å². The highest BCUT2D eigenvalue weighted by Gasteiger charge is 2.34. The van der Waals surface area contributed by atoms with Crippen LogP contribution in [0.25, 0.3) is 83.9 Å². The topological polar surface area (TPSA) is 52.8 Å². The van der Waals surface area contributed by atoms with Crippen LogP contribution >= 0.6 is 0 Å². The van der Waals surface area contributed by atoms with E-state index in [0.29, 0.717) is 17.5 Å². The second-order valence-electron chi connectivity index (χ2n) is 14.4. The maximum absolute atomic E-state index is 6.63. The van der Waals surface area contributed by atoms with Crippen molar-refractivity contribution in [3.05, 3.63) is 199 Å². The first-order valence-electron chi connectivity index (χ1n) is 19.0. The number of benzene rings is 7. The molecular weight excluding hydrogens is 685 g/mol. The van der Waals surface area contributed by atoms with Crippen molar-refractivity contribution in [1.82, 2.24) is 19.5 Å². The Balaban J connectivity index is 0.998. The summed E-state index contributed by atoms with van der Waals surface area (Å²) in [5.41, 5.74) is 12.4. The number of hydrogen-bond acceptors (Lipinski definition) is 4. The molecule has 1 atom stereocenters. The fraction of sp³-hybridized carbons (Fsp3) is 0.0392. The Bertz CT molecular complexity index is 2850. The maximum Gasteiger partial charge on any atom is 0.164 e. The normalized spacial score (nSPS) is 14.5. The number of hydrogen-bond donors (Lipinski definition) is 0. The monoisotopic (exact) mass is 718 g/mol. The molecule has 7 aromatic carbocycles. The van der Waals surface area contributed by atoms with Gasteiger partial charge in [0.15, 0.2) is 17.5 Å². The second kappa shape index (κ2) is 13.2. The standard InChI is InChI=1S/C51H34N4O/c1-5-13-33(14-6-1)37-21-25-41-42-26-22-38(34-15-7-2-8-16-34)30-46(42)55(45(41)29-37)40-24-28-47-44(32-40)43-27-23-39(31-48(43)56-47)51-53-49(35-17-9-3-10-18-35)52-50(54-51)36-19-11-4-12-20-36/h1-31,44H,32H2. The molecule has 9 aromatic rings. The quantitative estimate of drug-likeness (QED) is 0.172. The molecule has 3 heterocycles. The molecule has 0 N–H and O–H groups in total. The lowest BCUT2D eigenvalue weighted by Gasteiger charge is -2.21. The molecule has 5 heteroatoms. The molecule has 0 fully saturated rings. The Labute approximate surface area is 324 Å². The molecule has 0 saturated heterocycles. The third kappa shape index (κ3) is 5.52. The van der Waals surface area contributed by atoms with Crippen molar-refractivity contribution in [3.63, 3.8) is 0 Å². The molecule has 1 aliphatic heterocycles. The van der Waals surface area contributed by atoms with Gasteiger partial charge in [0, 0.05) is 45.1 Å². The van der Waals surface area contributed by atoms with E-state index in [4.69, 9.17) is 19.7 Å². The van der Waals surface area contributed by atoms with E-state index in [9.17, 15) is 0 Å². The maximum atomic E-state index is 6.63. The molecule has 5 nitrogen and oxygen atoms in total. The summed E-state index contributed by atoms with van der Waals surface area (Å²) in [5, 5.41) is 2.48. The van der Waals surface area contributed by atoms with Crippen LogP contribution in [0.3, 0.4) is 0 Å². The third-order valence-electron chi connectivity index (χ3n) is 11.0. The predicted octanol–water partition coefficient (Wildman–Crippen LogP) is 12.6. The molecule has 1 unspecified atom stereocenters. The van der Waals surface area contributed by atoms with Gasteiger partial charge in [-0.25, -0.2) is 15.0 Å². The molecule has 0 radical (unpaired) electrons.